The number of aliphatic carboxylic acids is 1. The molecule has 1 unspecified atom stereocenters. The molecule has 0 aliphatic heterocycles. The van der Waals surface area contributed by atoms with Crippen LogP contribution < -0.4 is 10.2 Å². The SMILES string of the molecule is CC(CC(=O)O)CC(=O)Nc1cccnc1N(C)C. The highest BCUT2D eigenvalue weighted by Crippen LogP contribution is 2.21. The van der Waals surface area contributed by atoms with Crippen LogP contribution in [0.4, 0.5) is 11.5 Å². The number of aromatic nitrogens is 1. The molecule has 0 saturated carbocycles. The van der Waals surface area contributed by atoms with Gasteiger partial charge in [0.25, 0.3) is 0 Å². The number of carboxylic acids is 1. The van der Waals surface area contributed by atoms with Crippen molar-refractivity contribution in [2.24, 2.45) is 5.92 Å². The summed E-state index contributed by atoms with van der Waals surface area (Å²) in [6.07, 6.45) is 1.81. The Kier molecular flexibility index (Phi) is 5.29. The first-order valence-electron chi connectivity index (χ1n) is 6.04. The summed E-state index contributed by atoms with van der Waals surface area (Å²) in [7, 11) is 3.68. The fraction of sp³-hybridized carbons (Fsp3) is 0.462. The number of pyridine rings is 1. The van der Waals surface area contributed by atoms with Gasteiger partial charge in [0.15, 0.2) is 5.82 Å². The Morgan fingerprint density at radius 3 is 2.68 bits per heavy atom. The quantitative estimate of drug-likeness (QED) is 0.816. The van der Waals surface area contributed by atoms with Crippen molar-refractivity contribution in [3.63, 3.8) is 0 Å². The number of carbonyl (C=O) groups is 2. The molecular weight excluding hydrogens is 246 g/mol. The van der Waals surface area contributed by atoms with E-state index in [4.69, 9.17) is 5.11 Å². The number of hydrogen-bond acceptors (Lipinski definition) is 4. The van der Waals surface area contributed by atoms with Gasteiger partial charge in [-0.15, -0.1) is 0 Å². The molecule has 1 heterocycles. The van der Waals surface area contributed by atoms with Gasteiger partial charge in [-0.25, -0.2) is 4.98 Å². The highest BCUT2D eigenvalue weighted by atomic mass is 16.4. The van der Waals surface area contributed by atoms with Crippen molar-refractivity contribution in [1.29, 1.82) is 0 Å². The van der Waals surface area contributed by atoms with Gasteiger partial charge in [0, 0.05) is 33.1 Å². The second kappa shape index (κ2) is 6.72. The molecular formula is C13H19N3O3. The van der Waals surface area contributed by atoms with Gasteiger partial charge in [0.1, 0.15) is 0 Å². The van der Waals surface area contributed by atoms with Crippen molar-refractivity contribution in [2.45, 2.75) is 19.8 Å². The number of anilines is 2. The number of nitrogens with one attached hydrogen (secondary N) is 1. The van der Waals surface area contributed by atoms with Crippen molar-refractivity contribution < 1.29 is 14.7 Å². The smallest absolute Gasteiger partial charge is 0.303 e. The molecule has 1 aromatic rings. The molecule has 0 fully saturated rings. The summed E-state index contributed by atoms with van der Waals surface area (Å²) in [5.74, 6) is -0.626. The maximum absolute atomic E-state index is 11.8. The van der Waals surface area contributed by atoms with E-state index in [9.17, 15) is 9.59 Å². The molecule has 0 aromatic carbocycles. The normalized spacial score (nSPS) is 11.7. The summed E-state index contributed by atoms with van der Waals surface area (Å²) < 4.78 is 0. The first-order chi connectivity index (χ1) is 8.90. The third kappa shape index (κ3) is 4.95. The minimum Gasteiger partial charge on any atom is -0.481 e. The maximum atomic E-state index is 11.8. The zero-order valence-electron chi connectivity index (χ0n) is 11.4. The number of nitrogens with zero attached hydrogens (tertiary/aromatic N) is 2. The predicted molar refractivity (Wildman–Crippen MR) is 73.2 cm³/mol. The van der Waals surface area contributed by atoms with Crippen LogP contribution in [0.5, 0.6) is 0 Å². The van der Waals surface area contributed by atoms with Crippen LogP contribution in [0.25, 0.3) is 0 Å². The highest BCUT2D eigenvalue weighted by Gasteiger charge is 2.14. The maximum Gasteiger partial charge on any atom is 0.303 e. The monoisotopic (exact) mass is 265 g/mol. The summed E-state index contributed by atoms with van der Waals surface area (Å²) in [4.78, 5) is 28.4. The number of carbonyl (C=O) groups excluding carboxylic acids is 1. The van der Waals surface area contributed by atoms with Gasteiger partial charge >= 0.3 is 5.97 Å². The van der Waals surface area contributed by atoms with Crippen LogP contribution in [0.15, 0.2) is 18.3 Å². The Balaban J connectivity index is 2.64. The van der Waals surface area contributed by atoms with Gasteiger partial charge in [-0.3, -0.25) is 9.59 Å². The third-order valence-electron chi connectivity index (χ3n) is 2.54. The highest BCUT2D eigenvalue weighted by molar-refractivity contribution is 5.93. The Labute approximate surface area is 112 Å². The lowest BCUT2D eigenvalue weighted by Gasteiger charge is -2.16. The molecule has 1 atom stereocenters. The van der Waals surface area contributed by atoms with E-state index in [-0.39, 0.29) is 24.7 Å². The summed E-state index contributed by atoms with van der Waals surface area (Å²) in [6.45, 7) is 1.74. The van der Waals surface area contributed by atoms with E-state index in [0.29, 0.717) is 11.5 Å². The Morgan fingerprint density at radius 1 is 1.42 bits per heavy atom. The van der Waals surface area contributed by atoms with Crippen LogP contribution >= 0.6 is 0 Å². The second-order valence-corrected chi connectivity index (χ2v) is 4.72. The lowest BCUT2D eigenvalue weighted by atomic mass is 10.0. The number of hydrogen-bond donors (Lipinski definition) is 2. The van der Waals surface area contributed by atoms with Gasteiger partial charge < -0.3 is 15.3 Å². The molecule has 1 amide bonds. The molecule has 0 spiro atoms. The lowest BCUT2D eigenvalue weighted by Crippen LogP contribution is -2.20. The molecule has 0 saturated heterocycles. The van der Waals surface area contributed by atoms with E-state index in [1.807, 2.05) is 14.1 Å². The number of rotatable bonds is 6. The summed E-state index contributed by atoms with van der Waals surface area (Å²) in [6, 6.07) is 3.51. The van der Waals surface area contributed by atoms with Crippen molar-refractivity contribution in [3.8, 4) is 0 Å². The van der Waals surface area contributed by atoms with E-state index >= 15 is 0 Å². The van der Waals surface area contributed by atoms with E-state index in [2.05, 4.69) is 10.3 Å². The molecule has 1 aromatic heterocycles. The number of carboxylic acid groups (broad SMARTS) is 1. The Morgan fingerprint density at radius 2 is 2.11 bits per heavy atom. The molecule has 6 heteroatoms. The average molecular weight is 265 g/mol. The van der Waals surface area contributed by atoms with Gasteiger partial charge in [-0.2, -0.15) is 0 Å². The minimum absolute atomic E-state index is 0.0129. The first-order valence-corrected chi connectivity index (χ1v) is 6.04. The van der Waals surface area contributed by atoms with Crippen molar-refractivity contribution in [2.75, 3.05) is 24.3 Å². The fourth-order valence-corrected chi connectivity index (χ4v) is 1.74. The van der Waals surface area contributed by atoms with Crippen molar-refractivity contribution in [3.05, 3.63) is 18.3 Å². The van der Waals surface area contributed by atoms with E-state index in [1.54, 1.807) is 30.2 Å². The third-order valence-corrected chi connectivity index (χ3v) is 2.54. The van der Waals surface area contributed by atoms with E-state index in [1.165, 1.54) is 0 Å². The summed E-state index contributed by atoms with van der Waals surface area (Å²) in [5.41, 5.74) is 0.625. The van der Waals surface area contributed by atoms with Gasteiger partial charge in [-0.05, 0) is 18.1 Å². The van der Waals surface area contributed by atoms with Crippen LogP contribution in [-0.4, -0.2) is 36.1 Å². The molecule has 104 valence electrons. The number of amides is 1. The fourth-order valence-electron chi connectivity index (χ4n) is 1.74. The molecule has 19 heavy (non-hydrogen) atoms. The van der Waals surface area contributed by atoms with E-state index < -0.39 is 5.97 Å². The average Bonchev–Trinajstić information content (AvgIpc) is 2.27. The van der Waals surface area contributed by atoms with Crippen molar-refractivity contribution >= 4 is 23.4 Å². The first kappa shape index (κ1) is 14.9. The van der Waals surface area contributed by atoms with Crippen molar-refractivity contribution in [1.82, 2.24) is 4.98 Å². The minimum atomic E-state index is -0.893. The van der Waals surface area contributed by atoms with Crippen LogP contribution in [0.2, 0.25) is 0 Å². The van der Waals surface area contributed by atoms with Gasteiger partial charge in [0.05, 0.1) is 5.69 Å². The molecule has 1 rings (SSSR count). The van der Waals surface area contributed by atoms with Gasteiger partial charge in [-0.1, -0.05) is 6.92 Å². The lowest BCUT2D eigenvalue weighted by molar-refractivity contribution is -0.138. The zero-order valence-corrected chi connectivity index (χ0v) is 11.4. The molecule has 2 N–H and O–H groups in total. The van der Waals surface area contributed by atoms with E-state index in [0.717, 1.165) is 0 Å². The topological polar surface area (TPSA) is 82.5 Å². The van der Waals surface area contributed by atoms with Crippen LogP contribution in [-0.2, 0) is 9.59 Å². The standard InChI is InChI=1S/C13H19N3O3/c1-9(8-12(18)19)7-11(17)15-10-5-4-6-14-13(10)16(2)3/h4-6,9H,7-8H2,1-3H3,(H,15,17)(H,18,19). The molecule has 0 aliphatic carbocycles. The predicted octanol–water partition coefficient (Wildman–Crippen LogP) is 1.59. The van der Waals surface area contributed by atoms with Crippen LogP contribution in [0, 0.1) is 5.92 Å². The Bertz CT molecular complexity index is 460. The van der Waals surface area contributed by atoms with Gasteiger partial charge in [0.2, 0.25) is 5.91 Å². The molecule has 6 nitrogen and oxygen atoms in total. The molecule has 0 radical (unpaired) electrons. The molecule has 0 bridgehead atoms. The zero-order chi connectivity index (χ0) is 14.4. The molecule has 0 aliphatic rings. The Hall–Kier alpha value is -2.11. The summed E-state index contributed by atoms with van der Waals surface area (Å²) >= 11 is 0. The summed E-state index contributed by atoms with van der Waals surface area (Å²) in [5, 5.41) is 11.4. The van der Waals surface area contributed by atoms with Crippen LogP contribution in [0.1, 0.15) is 19.8 Å². The second-order valence-electron chi connectivity index (χ2n) is 4.72. The largest absolute Gasteiger partial charge is 0.481 e. The van der Waals surface area contributed by atoms with Crippen LogP contribution in [0.3, 0.4) is 0 Å².